The Balaban J connectivity index is 1.72. The van der Waals surface area contributed by atoms with Gasteiger partial charge in [-0.15, -0.1) is 0 Å². The zero-order chi connectivity index (χ0) is 20.4. The van der Waals surface area contributed by atoms with E-state index in [2.05, 4.69) is 40.0 Å². The first-order valence-corrected chi connectivity index (χ1v) is 9.15. The van der Waals surface area contributed by atoms with Gasteiger partial charge in [0, 0.05) is 19.3 Å². The Morgan fingerprint density at radius 3 is 2.57 bits per heavy atom. The molecule has 2 aromatic carbocycles. The highest BCUT2D eigenvalue weighted by atomic mass is 19.1. The fourth-order valence-electron chi connectivity index (χ4n) is 2.66. The first-order chi connectivity index (χ1) is 13.5. The first kappa shape index (κ1) is 21.2. The zero-order valence-corrected chi connectivity index (χ0v) is 16.5. The van der Waals surface area contributed by atoms with Crippen LogP contribution in [-0.2, 0) is 4.79 Å². The third kappa shape index (κ3) is 6.90. The lowest BCUT2D eigenvalue weighted by Crippen LogP contribution is -2.41. The molecule has 0 aliphatic rings. The maximum Gasteiger partial charge on any atom is 0.243 e. The standard InChI is InChI=1S/C21H27FN4O2/c1-15(16-7-9-19(28-3)10-8-16)11-12-24-21(23-2)25-14-20(27)26-18-6-4-5-17(22)13-18/h4-10,13,15H,11-12,14H2,1-3H3,(H,26,27)(H2,23,24,25). The highest BCUT2D eigenvalue weighted by molar-refractivity contribution is 5.94. The van der Waals surface area contributed by atoms with E-state index in [4.69, 9.17) is 4.74 Å². The molecule has 0 radical (unpaired) electrons. The summed E-state index contributed by atoms with van der Waals surface area (Å²) < 4.78 is 18.3. The summed E-state index contributed by atoms with van der Waals surface area (Å²) in [4.78, 5) is 16.1. The number of rotatable bonds is 8. The van der Waals surface area contributed by atoms with E-state index in [9.17, 15) is 9.18 Å². The van der Waals surface area contributed by atoms with Gasteiger partial charge in [0.1, 0.15) is 11.6 Å². The second-order valence-electron chi connectivity index (χ2n) is 6.37. The maximum absolute atomic E-state index is 13.1. The Hall–Kier alpha value is -3.09. The van der Waals surface area contributed by atoms with Gasteiger partial charge in [0.05, 0.1) is 13.7 Å². The lowest BCUT2D eigenvalue weighted by Gasteiger charge is -2.15. The number of carbonyl (C=O) groups excluding carboxylic acids is 1. The molecule has 3 N–H and O–H groups in total. The van der Waals surface area contributed by atoms with Crippen molar-refractivity contribution in [1.29, 1.82) is 0 Å². The van der Waals surface area contributed by atoms with Crippen LogP contribution >= 0.6 is 0 Å². The number of carbonyl (C=O) groups is 1. The number of benzene rings is 2. The SMILES string of the molecule is CN=C(NCCC(C)c1ccc(OC)cc1)NCC(=O)Nc1cccc(F)c1. The van der Waals surface area contributed by atoms with Crippen molar-refractivity contribution < 1.29 is 13.9 Å². The number of ether oxygens (including phenoxy) is 1. The molecule has 0 fully saturated rings. The molecule has 0 aliphatic heterocycles. The Bertz CT molecular complexity index is 793. The molecule has 0 aromatic heterocycles. The first-order valence-electron chi connectivity index (χ1n) is 9.15. The highest BCUT2D eigenvalue weighted by Crippen LogP contribution is 2.21. The number of amides is 1. The van der Waals surface area contributed by atoms with Crippen molar-refractivity contribution in [1.82, 2.24) is 10.6 Å². The average Bonchev–Trinajstić information content (AvgIpc) is 2.70. The number of nitrogens with one attached hydrogen (secondary N) is 3. The molecule has 1 atom stereocenters. The van der Waals surface area contributed by atoms with Gasteiger partial charge in [-0.2, -0.15) is 0 Å². The number of guanidine groups is 1. The van der Waals surface area contributed by atoms with Crippen LogP contribution < -0.4 is 20.7 Å². The molecular weight excluding hydrogens is 359 g/mol. The van der Waals surface area contributed by atoms with E-state index in [0.717, 1.165) is 12.2 Å². The minimum Gasteiger partial charge on any atom is -0.497 e. The van der Waals surface area contributed by atoms with E-state index >= 15 is 0 Å². The van der Waals surface area contributed by atoms with Crippen LogP contribution in [0.5, 0.6) is 5.75 Å². The summed E-state index contributed by atoms with van der Waals surface area (Å²) in [6.45, 7) is 2.90. The predicted octanol–water partition coefficient (Wildman–Crippen LogP) is 3.13. The Labute approximate surface area is 165 Å². The molecule has 28 heavy (non-hydrogen) atoms. The van der Waals surface area contributed by atoms with Crippen LogP contribution in [0.1, 0.15) is 24.8 Å². The van der Waals surface area contributed by atoms with Crippen LogP contribution in [0.3, 0.4) is 0 Å². The topological polar surface area (TPSA) is 74.8 Å². The minimum atomic E-state index is -0.394. The third-order valence-corrected chi connectivity index (χ3v) is 4.30. The van der Waals surface area contributed by atoms with Crippen molar-refractivity contribution >= 4 is 17.6 Å². The van der Waals surface area contributed by atoms with E-state index in [-0.39, 0.29) is 12.5 Å². The Morgan fingerprint density at radius 1 is 1.18 bits per heavy atom. The summed E-state index contributed by atoms with van der Waals surface area (Å²) in [6.07, 6.45) is 0.905. The summed E-state index contributed by atoms with van der Waals surface area (Å²) in [5.74, 6) is 1.08. The lowest BCUT2D eigenvalue weighted by atomic mass is 9.98. The van der Waals surface area contributed by atoms with Gasteiger partial charge < -0.3 is 20.7 Å². The largest absolute Gasteiger partial charge is 0.497 e. The summed E-state index contributed by atoms with van der Waals surface area (Å²) in [5, 5.41) is 8.78. The molecule has 6 nitrogen and oxygen atoms in total. The van der Waals surface area contributed by atoms with Crippen molar-refractivity contribution in [2.75, 3.05) is 32.6 Å². The van der Waals surface area contributed by atoms with Gasteiger partial charge >= 0.3 is 0 Å². The molecule has 0 aliphatic carbocycles. The lowest BCUT2D eigenvalue weighted by molar-refractivity contribution is -0.115. The summed E-state index contributed by atoms with van der Waals surface area (Å²) in [5.41, 5.74) is 1.66. The van der Waals surface area contributed by atoms with E-state index in [1.54, 1.807) is 26.3 Å². The van der Waals surface area contributed by atoms with Crippen LogP contribution in [0.4, 0.5) is 10.1 Å². The number of aliphatic imine (C=N–C) groups is 1. The second kappa shape index (κ2) is 10.9. The molecule has 0 saturated carbocycles. The fraction of sp³-hybridized carbons (Fsp3) is 0.333. The van der Waals surface area contributed by atoms with E-state index in [1.165, 1.54) is 17.7 Å². The Kier molecular flexibility index (Phi) is 8.27. The van der Waals surface area contributed by atoms with Gasteiger partial charge in [-0.1, -0.05) is 25.1 Å². The normalized spacial score (nSPS) is 12.2. The van der Waals surface area contributed by atoms with Crippen LogP contribution in [0, 0.1) is 5.82 Å². The van der Waals surface area contributed by atoms with Gasteiger partial charge in [-0.05, 0) is 48.2 Å². The molecular formula is C21H27FN4O2. The molecule has 0 heterocycles. The predicted molar refractivity (Wildman–Crippen MR) is 110 cm³/mol. The molecule has 0 bridgehead atoms. The van der Waals surface area contributed by atoms with E-state index < -0.39 is 5.82 Å². The molecule has 0 saturated heterocycles. The van der Waals surface area contributed by atoms with Gasteiger partial charge in [-0.25, -0.2) is 4.39 Å². The van der Waals surface area contributed by atoms with E-state index in [1.807, 2.05) is 12.1 Å². The molecule has 2 aromatic rings. The molecule has 1 unspecified atom stereocenters. The fourth-order valence-corrected chi connectivity index (χ4v) is 2.66. The van der Waals surface area contributed by atoms with Gasteiger partial charge in [0.15, 0.2) is 5.96 Å². The van der Waals surface area contributed by atoms with Crippen molar-refractivity contribution in [3.8, 4) is 5.75 Å². The van der Waals surface area contributed by atoms with Crippen molar-refractivity contribution in [3.63, 3.8) is 0 Å². The summed E-state index contributed by atoms with van der Waals surface area (Å²) in [7, 11) is 3.30. The monoisotopic (exact) mass is 386 g/mol. The quantitative estimate of drug-likeness (QED) is 0.481. The molecule has 1 amide bonds. The van der Waals surface area contributed by atoms with Crippen molar-refractivity contribution in [2.24, 2.45) is 4.99 Å². The minimum absolute atomic E-state index is 0.0320. The van der Waals surface area contributed by atoms with Crippen LogP contribution in [-0.4, -0.2) is 39.1 Å². The summed E-state index contributed by atoms with van der Waals surface area (Å²) >= 11 is 0. The average molecular weight is 386 g/mol. The molecule has 2 rings (SSSR count). The third-order valence-electron chi connectivity index (χ3n) is 4.30. The summed E-state index contributed by atoms with van der Waals surface area (Å²) in [6, 6.07) is 13.8. The smallest absolute Gasteiger partial charge is 0.243 e. The Morgan fingerprint density at radius 2 is 1.93 bits per heavy atom. The maximum atomic E-state index is 13.1. The van der Waals surface area contributed by atoms with Crippen LogP contribution in [0.2, 0.25) is 0 Å². The number of halogens is 1. The van der Waals surface area contributed by atoms with Crippen LogP contribution in [0.25, 0.3) is 0 Å². The number of anilines is 1. The number of methoxy groups -OCH3 is 1. The number of hydrogen-bond acceptors (Lipinski definition) is 3. The van der Waals surface area contributed by atoms with Crippen molar-refractivity contribution in [2.45, 2.75) is 19.3 Å². The second-order valence-corrected chi connectivity index (χ2v) is 6.37. The number of nitrogens with zero attached hydrogens (tertiary/aromatic N) is 1. The molecule has 150 valence electrons. The van der Waals surface area contributed by atoms with Gasteiger partial charge in [-0.3, -0.25) is 9.79 Å². The van der Waals surface area contributed by atoms with Crippen LogP contribution in [0.15, 0.2) is 53.5 Å². The molecule has 7 heteroatoms. The van der Waals surface area contributed by atoms with Crippen molar-refractivity contribution in [3.05, 3.63) is 59.9 Å². The molecule has 0 spiro atoms. The number of hydrogen-bond donors (Lipinski definition) is 3. The van der Waals surface area contributed by atoms with E-state index in [0.29, 0.717) is 24.1 Å². The van der Waals surface area contributed by atoms with Gasteiger partial charge in [0.25, 0.3) is 0 Å². The van der Waals surface area contributed by atoms with Gasteiger partial charge in [0.2, 0.25) is 5.91 Å². The zero-order valence-electron chi connectivity index (χ0n) is 16.5. The highest BCUT2D eigenvalue weighted by Gasteiger charge is 2.08.